The number of hydrogen-bond acceptors (Lipinski definition) is 6. The molecule has 2 amide bonds. The van der Waals surface area contributed by atoms with Crippen LogP contribution in [0.2, 0.25) is 0 Å². The summed E-state index contributed by atoms with van der Waals surface area (Å²) in [7, 11) is 3.09. The first-order valence-corrected chi connectivity index (χ1v) is 15.5. The average molecular weight is 597 g/mol. The van der Waals surface area contributed by atoms with Gasteiger partial charge < -0.3 is 29.6 Å². The van der Waals surface area contributed by atoms with E-state index in [1.807, 2.05) is 28.8 Å². The van der Waals surface area contributed by atoms with Gasteiger partial charge in [0, 0.05) is 61.1 Å². The van der Waals surface area contributed by atoms with Gasteiger partial charge in [-0.2, -0.15) is 0 Å². The van der Waals surface area contributed by atoms with Crippen LogP contribution in [-0.4, -0.2) is 50.2 Å². The van der Waals surface area contributed by atoms with E-state index in [1.165, 1.54) is 18.4 Å². The summed E-state index contributed by atoms with van der Waals surface area (Å²) in [5.74, 6) is 1.00. The van der Waals surface area contributed by atoms with Crippen molar-refractivity contribution < 1.29 is 19.1 Å². The van der Waals surface area contributed by atoms with Crippen molar-refractivity contribution in [2.45, 2.75) is 51.0 Å². The molecule has 2 atom stereocenters. The topological polar surface area (TPSA) is 102 Å². The van der Waals surface area contributed by atoms with Gasteiger partial charge in [-0.15, -0.1) is 0 Å². The average Bonchev–Trinajstić information content (AvgIpc) is 3.05. The highest BCUT2D eigenvalue weighted by atomic mass is 16.5. The molecule has 6 rings (SSSR count). The Morgan fingerprint density at radius 1 is 0.909 bits per heavy atom. The molecular formula is C35H40N4O5. The van der Waals surface area contributed by atoms with Crippen molar-refractivity contribution in [1.29, 1.82) is 0 Å². The van der Waals surface area contributed by atoms with Crippen LogP contribution in [0.15, 0.2) is 71.0 Å². The van der Waals surface area contributed by atoms with Crippen LogP contribution in [0, 0.1) is 5.92 Å². The lowest BCUT2D eigenvalue weighted by molar-refractivity contribution is 0.0952. The predicted molar refractivity (Wildman–Crippen MR) is 171 cm³/mol. The normalized spacial score (nSPS) is 19.0. The summed E-state index contributed by atoms with van der Waals surface area (Å²) in [5.41, 5.74) is 4.78. The molecule has 0 spiro atoms. The molecule has 9 heteroatoms. The molecule has 1 saturated heterocycles. The Labute approximate surface area is 257 Å². The van der Waals surface area contributed by atoms with Crippen LogP contribution in [0.25, 0.3) is 0 Å². The summed E-state index contributed by atoms with van der Waals surface area (Å²) in [6, 6.07) is 16.1. The van der Waals surface area contributed by atoms with E-state index >= 15 is 0 Å². The number of allylic oxidation sites excluding steroid dienone is 1. The van der Waals surface area contributed by atoms with Gasteiger partial charge in [-0.05, 0) is 80.8 Å². The summed E-state index contributed by atoms with van der Waals surface area (Å²) in [5, 5.41) is 6.15. The number of nitrogens with one attached hydrogen (secondary N) is 2. The zero-order chi connectivity index (χ0) is 30.6. The third-order valence-electron chi connectivity index (χ3n) is 9.06. The maximum Gasteiger partial charge on any atom is 0.255 e. The largest absolute Gasteiger partial charge is 0.497 e. The van der Waals surface area contributed by atoms with Crippen LogP contribution in [0.5, 0.6) is 11.5 Å². The van der Waals surface area contributed by atoms with Crippen LogP contribution in [-0.2, 0) is 6.54 Å². The number of nitrogens with zero attached hydrogens (tertiary/aromatic N) is 2. The molecule has 3 aromatic rings. The van der Waals surface area contributed by atoms with Gasteiger partial charge in [0.05, 0.1) is 25.6 Å². The fraction of sp³-hybridized carbons (Fsp3) is 0.400. The second-order valence-electron chi connectivity index (χ2n) is 12.0. The molecule has 9 nitrogen and oxygen atoms in total. The molecule has 2 aromatic carbocycles. The zero-order valence-electron chi connectivity index (χ0n) is 25.4. The minimum atomic E-state index is -0.334. The lowest BCUT2D eigenvalue weighted by Crippen LogP contribution is -2.47. The van der Waals surface area contributed by atoms with E-state index in [1.54, 1.807) is 44.6 Å². The lowest BCUT2D eigenvalue weighted by Gasteiger charge is -2.44. The molecule has 44 heavy (non-hydrogen) atoms. The summed E-state index contributed by atoms with van der Waals surface area (Å²) in [6.07, 6.45) is 8.84. The molecule has 3 heterocycles. The number of rotatable bonds is 9. The maximum absolute atomic E-state index is 13.6. The molecule has 3 aliphatic rings. The van der Waals surface area contributed by atoms with Gasteiger partial charge >= 0.3 is 0 Å². The van der Waals surface area contributed by atoms with E-state index in [0.29, 0.717) is 53.9 Å². The lowest BCUT2D eigenvalue weighted by atomic mass is 9.83. The second-order valence-corrected chi connectivity index (χ2v) is 12.0. The Morgan fingerprint density at radius 2 is 1.73 bits per heavy atom. The predicted octanol–water partition coefficient (Wildman–Crippen LogP) is 5.36. The van der Waals surface area contributed by atoms with Crippen LogP contribution in [0.1, 0.15) is 70.9 Å². The van der Waals surface area contributed by atoms with Crippen molar-refractivity contribution in [2.24, 2.45) is 5.92 Å². The molecule has 1 aromatic heterocycles. The summed E-state index contributed by atoms with van der Waals surface area (Å²) in [4.78, 5) is 41.7. The van der Waals surface area contributed by atoms with Crippen molar-refractivity contribution in [3.63, 3.8) is 0 Å². The van der Waals surface area contributed by atoms with E-state index in [4.69, 9.17) is 9.47 Å². The minimum absolute atomic E-state index is 0.0439. The molecule has 230 valence electrons. The van der Waals surface area contributed by atoms with E-state index in [0.717, 1.165) is 43.6 Å². The first-order valence-electron chi connectivity index (χ1n) is 15.5. The van der Waals surface area contributed by atoms with Crippen molar-refractivity contribution >= 4 is 23.2 Å². The number of benzene rings is 2. The van der Waals surface area contributed by atoms with Gasteiger partial charge in [0.15, 0.2) is 0 Å². The van der Waals surface area contributed by atoms with Crippen LogP contribution < -0.4 is 30.6 Å². The highest BCUT2D eigenvalue weighted by molar-refractivity contribution is 6.07. The third kappa shape index (κ3) is 6.37. The van der Waals surface area contributed by atoms with Crippen molar-refractivity contribution in [1.82, 2.24) is 9.88 Å². The smallest absolute Gasteiger partial charge is 0.255 e. The monoisotopic (exact) mass is 596 g/mol. The first-order chi connectivity index (χ1) is 21.4. The Balaban J connectivity index is 1.28. The standard InChI is InChI=1S/C35H40N4O5/c1-43-28-16-26(17-29(19-28)44-2)35(42)37-30-18-25(34(41)36-14-13-23-7-4-3-5-8-23)11-12-32(30)38-20-24-15-27(22-38)31-9-6-10-33(40)39(31)21-24/h6-7,9-12,16-19,24,27H,3-5,8,13-15,20-22H2,1-2H3,(H,36,41)(H,37,42). The minimum Gasteiger partial charge on any atom is -0.497 e. The highest BCUT2D eigenvalue weighted by Gasteiger charge is 2.35. The fourth-order valence-corrected chi connectivity index (χ4v) is 6.85. The number of carbonyl (C=O) groups is 2. The Bertz CT molecular complexity index is 1620. The van der Waals surface area contributed by atoms with Crippen molar-refractivity contribution in [2.75, 3.05) is 44.1 Å². The zero-order valence-corrected chi connectivity index (χ0v) is 25.4. The molecule has 2 unspecified atom stereocenters. The van der Waals surface area contributed by atoms with Gasteiger partial charge in [0.25, 0.3) is 17.4 Å². The molecule has 1 fully saturated rings. The van der Waals surface area contributed by atoms with E-state index in [2.05, 4.69) is 21.6 Å². The number of carbonyl (C=O) groups excluding carboxylic acids is 2. The molecule has 0 radical (unpaired) electrons. The summed E-state index contributed by atoms with van der Waals surface area (Å²) in [6.45, 7) is 2.69. The molecule has 1 aliphatic carbocycles. The summed E-state index contributed by atoms with van der Waals surface area (Å²) >= 11 is 0. The number of fused-ring (bicyclic) bond motifs is 4. The number of methoxy groups -OCH3 is 2. The van der Waals surface area contributed by atoms with Crippen LogP contribution >= 0.6 is 0 Å². The second kappa shape index (κ2) is 13.0. The highest BCUT2D eigenvalue weighted by Crippen LogP contribution is 2.39. The quantitative estimate of drug-likeness (QED) is 0.323. The van der Waals surface area contributed by atoms with E-state index < -0.39 is 0 Å². The Hall–Kier alpha value is -4.53. The first kappa shape index (κ1) is 29.5. The van der Waals surface area contributed by atoms with Crippen molar-refractivity contribution in [3.05, 3.63) is 93.4 Å². The maximum atomic E-state index is 13.6. The van der Waals surface area contributed by atoms with Gasteiger partial charge in [-0.25, -0.2) is 0 Å². The Morgan fingerprint density at radius 3 is 2.48 bits per heavy atom. The van der Waals surface area contributed by atoms with Crippen molar-refractivity contribution in [3.8, 4) is 11.5 Å². The van der Waals surface area contributed by atoms with E-state index in [9.17, 15) is 14.4 Å². The van der Waals surface area contributed by atoms with Gasteiger partial charge in [-0.1, -0.05) is 17.7 Å². The number of ether oxygens (including phenoxy) is 2. The molecule has 2 aliphatic heterocycles. The fourth-order valence-electron chi connectivity index (χ4n) is 6.85. The number of pyridine rings is 1. The molecule has 2 N–H and O–H groups in total. The Kier molecular flexibility index (Phi) is 8.72. The van der Waals surface area contributed by atoms with Gasteiger partial charge in [0.1, 0.15) is 11.5 Å². The molecular weight excluding hydrogens is 556 g/mol. The number of aromatic nitrogens is 1. The molecule has 0 saturated carbocycles. The number of piperidine rings is 1. The van der Waals surface area contributed by atoms with Crippen LogP contribution in [0.3, 0.4) is 0 Å². The number of hydrogen-bond donors (Lipinski definition) is 2. The summed E-state index contributed by atoms with van der Waals surface area (Å²) < 4.78 is 12.7. The van der Waals surface area contributed by atoms with E-state index in [-0.39, 0.29) is 23.3 Å². The van der Waals surface area contributed by atoms with Crippen LogP contribution in [0.4, 0.5) is 11.4 Å². The third-order valence-corrected chi connectivity index (χ3v) is 9.06. The van der Waals surface area contributed by atoms with Gasteiger partial charge in [-0.3, -0.25) is 14.4 Å². The number of amides is 2. The molecule has 2 bridgehead atoms. The number of anilines is 2. The SMILES string of the molecule is COc1cc(OC)cc(C(=O)Nc2cc(C(=O)NCCC3=CCCCC3)ccc2N2CC3CC(C2)c2cccc(=O)n2C3)c1. The van der Waals surface area contributed by atoms with Gasteiger partial charge in [0.2, 0.25) is 0 Å².